The molecule has 0 unspecified atom stereocenters. The van der Waals surface area contributed by atoms with Crippen molar-refractivity contribution in [3.05, 3.63) is 30.1 Å². The fourth-order valence-corrected chi connectivity index (χ4v) is 2.25. The highest BCUT2D eigenvalue weighted by Crippen LogP contribution is 2.15. The summed E-state index contributed by atoms with van der Waals surface area (Å²) in [6, 6.07) is 6.10. The van der Waals surface area contributed by atoms with E-state index >= 15 is 0 Å². The Morgan fingerprint density at radius 3 is 3.19 bits per heavy atom. The van der Waals surface area contributed by atoms with Gasteiger partial charge in [0.15, 0.2) is 0 Å². The van der Waals surface area contributed by atoms with Crippen LogP contribution in [0.3, 0.4) is 0 Å². The van der Waals surface area contributed by atoms with E-state index in [1.54, 1.807) is 0 Å². The molecule has 1 aromatic rings. The Balaban J connectivity index is 1.85. The van der Waals surface area contributed by atoms with Gasteiger partial charge in [0.1, 0.15) is 0 Å². The van der Waals surface area contributed by atoms with Gasteiger partial charge in [0.25, 0.3) is 0 Å². The van der Waals surface area contributed by atoms with Crippen molar-refractivity contribution in [2.45, 2.75) is 32.4 Å². The van der Waals surface area contributed by atoms with Crippen molar-refractivity contribution in [1.82, 2.24) is 9.88 Å². The fourth-order valence-electron chi connectivity index (χ4n) is 2.25. The molecule has 1 fully saturated rings. The number of hydrogen-bond acceptors (Lipinski definition) is 3. The normalized spacial score (nSPS) is 22.2. The smallest absolute Gasteiger partial charge is 0.0702 e. The van der Waals surface area contributed by atoms with E-state index in [-0.39, 0.29) is 0 Å². The monoisotopic (exact) mass is 220 g/mol. The molecule has 3 nitrogen and oxygen atoms in total. The average molecular weight is 220 g/mol. The molecule has 0 N–H and O–H groups in total. The Morgan fingerprint density at radius 2 is 2.44 bits per heavy atom. The molecule has 0 amide bonds. The molecule has 0 bridgehead atoms. The first-order valence-electron chi connectivity index (χ1n) is 6.12. The second kappa shape index (κ2) is 5.97. The van der Waals surface area contributed by atoms with Gasteiger partial charge < -0.3 is 4.74 Å². The van der Waals surface area contributed by atoms with Gasteiger partial charge >= 0.3 is 0 Å². The van der Waals surface area contributed by atoms with Crippen molar-refractivity contribution >= 4 is 0 Å². The number of piperidine rings is 1. The fraction of sp³-hybridized carbons (Fsp3) is 0.615. The molecule has 0 aliphatic carbocycles. The third-order valence-electron chi connectivity index (χ3n) is 2.98. The maximum atomic E-state index is 5.69. The number of nitrogens with zero attached hydrogens (tertiary/aromatic N) is 2. The van der Waals surface area contributed by atoms with E-state index in [9.17, 15) is 0 Å². The minimum atomic E-state index is 0.419. The summed E-state index contributed by atoms with van der Waals surface area (Å²) >= 11 is 0. The van der Waals surface area contributed by atoms with Gasteiger partial charge in [-0.1, -0.05) is 6.07 Å². The molecule has 0 spiro atoms. The summed E-state index contributed by atoms with van der Waals surface area (Å²) in [4.78, 5) is 6.80. The predicted molar refractivity (Wildman–Crippen MR) is 64.2 cm³/mol. The second-order valence-corrected chi connectivity index (χ2v) is 4.28. The number of pyridine rings is 1. The molecule has 0 saturated carbocycles. The van der Waals surface area contributed by atoms with Gasteiger partial charge in [0.2, 0.25) is 0 Å². The first-order valence-corrected chi connectivity index (χ1v) is 6.12. The van der Waals surface area contributed by atoms with Crippen LogP contribution < -0.4 is 0 Å². The Morgan fingerprint density at radius 1 is 1.50 bits per heavy atom. The summed E-state index contributed by atoms with van der Waals surface area (Å²) in [5.74, 6) is 0. The van der Waals surface area contributed by atoms with E-state index in [1.807, 2.05) is 18.3 Å². The summed E-state index contributed by atoms with van der Waals surface area (Å²) < 4.78 is 5.69. The summed E-state index contributed by atoms with van der Waals surface area (Å²) in [6.45, 7) is 6.05. The Kier molecular flexibility index (Phi) is 4.31. The van der Waals surface area contributed by atoms with Crippen molar-refractivity contribution < 1.29 is 4.74 Å². The summed E-state index contributed by atoms with van der Waals surface area (Å²) in [5.41, 5.74) is 1.15. The molecule has 1 saturated heterocycles. The highest BCUT2D eigenvalue weighted by atomic mass is 16.5. The third-order valence-corrected chi connectivity index (χ3v) is 2.98. The van der Waals surface area contributed by atoms with Crippen LogP contribution in [0.15, 0.2) is 24.4 Å². The lowest BCUT2D eigenvalue weighted by atomic mass is 10.1. The number of ether oxygens (including phenoxy) is 1. The average Bonchev–Trinajstić information content (AvgIpc) is 2.31. The molecule has 1 aromatic heterocycles. The molecule has 0 aromatic carbocycles. The van der Waals surface area contributed by atoms with Crippen LogP contribution in [0.5, 0.6) is 0 Å². The lowest BCUT2D eigenvalue weighted by Crippen LogP contribution is -2.39. The van der Waals surface area contributed by atoms with Crippen LogP contribution in [-0.4, -0.2) is 35.7 Å². The summed E-state index contributed by atoms with van der Waals surface area (Å²) in [5, 5.41) is 0. The SMILES string of the molecule is CCO[C@H]1CCCN(Cc2ccccn2)C1. The number of aromatic nitrogens is 1. The maximum absolute atomic E-state index is 5.69. The standard InChI is InChI=1S/C13H20N2O/c1-2-16-13-7-5-9-15(11-13)10-12-6-3-4-8-14-12/h3-4,6,8,13H,2,5,7,9-11H2,1H3/t13-/m0/s1. The molecule has 16 heavy (non-hydrogen) atoms. The van der Waals surface area contributed by atoms with Gasteiger partial charge in [-0.25, -0.2) is 0 Å². The molecule has 1 atom stereocenters. The van der Waals surface area contributed by atoms with Crippen LogP contribution in [0.2, 0.25) is 0 Å². The van der Waals surface area contributed by atoms with Crippen LogP contribution in [0.1, 0.15) is 25.5 Å². The molecule has 2 heterocycles. The topological polar surface area (TPSA) is 25.4 Å². The van der Waals surface area contributed by atoms with Gasteiger partial charge in [-0.05, 0) is 38.4 Å². The van der Waals surface area contributed by atoms with E-state index in [1.165, 1.54) is 19.4 Å². The van der Waals surface area contributed by atoms with Crippen molar-refractivity contribution in [2.75, 3.05) is 19.7 Å². The highest BCUT2D eigenvalue weighted by molar-refractivity contribution is 5.03. The molecular weight excluding hydrogens is 200 g/mol. The lowest BCUT2D eigenvalue weighted by molar-refractivity contribution is 0.00332. The van der Waals surface area contributed by atoms with Gasteiger partial charge in [-0.3, -0.25) is 9.88 Å². The van der Waals surface area contributed by atoms with Crippen LogP contribution in [0, 0.1) is 0 Å². The van der Waals surface area contributed by atoms with Gasteiger partial charge in [0.05, 0.1) is 11.8 Å². The number of hydrogen-bond donors (Lipinski definition) is 0. The number of likely N-dealkylation sites (tertiary alicyclic amines) is 1. The third kappa shape index (κ3) is 3.29. The zero-order valence-corrected chi connectivity index (χ0v) is 9.93. The van der Waals surface area contributed by atoms with Crippen molar-refractivity contribution in [3.8, 4) is 0 Å². The molecular formula is C13H20N2O. The zero-order valence-electron chi connectivity index (χ0n) is 9.93. The quantitative estimate of drug-likeness (QED) is 0.777. The molecule has 2 rings (SSSR count). The van der Waals surface area contributed by atoms with E-state index in [4.69, 9.17) is 4.74 Å². The minimum absolute atomic E-state index is 0.419. The summed E-state index contributed by atoms with van der Waals surface area (Å²) in [7, 11) is 0. The van der Waals surface area contributed by atoms with Crippen molar-refractivity contribution in [3.63, 3.8) is 0 Å². The zero-order chi connectivity index (χ0) is 11.2. The van der Waals surface area contributed by atoms with E-state index < -0.39 is 0 Å². The van der Waals surface area contributed by atoms with Crippen molar-refractivity contribution in [2.24, 2.45) is 0 Å². The maximum Gasteiger partial charge on any atom is 0.0702 e. The highest BCUT2D eigenvalue weighted by Gasteiger charge is 2.19. The van der Waals surface area contributed by atoms with Gasteiger partial charge in [-0.15, -0.1) is 0 Å². The van der Waals surface area contributed by atoms with E-state index in [2.05, 4.69) is 22.9 Å². The van der Waals surface area contributed by atoms with Crippen LogP contribution >= 0.6 is 0 Å². The molecule has 1 aliphatic heterocycles. The Hall–Kier alpha value is -0.930. The van der Waals surface area contributed by atoms with E-state index in [0.717, 1.165) is 25.4 Å². The second-order valence-electron chi connectivity index (χ2n) is 4.28. The molecule has 88 valence electrons. The predicted octanol–water partition coefficient (Wildman–Crippen LogP) is 2.08. The Bertz CT molecular complexity index is 300. The van der Waals surface area contributed by atoms with Crippen LogP contribution in [0.4, 0.5) is 0 Å². The van der Waals surface area contributed by atoms with Gasteiger partial charge in [-0.2, -0.15) is 0 Å². The number of rotatable bonds is 4. The van der Waals surface area contributed by atoms with Gasteiger partial charge in [0, 0.05) is 25.9 Å². The first-order chi connectivity index (χ1) is 7.88. The molecule has 3 heteroatoms. The Labute approximate surface area is 97.4 Å². The molecule has 1 aliphatic rings. The van der Waals surface area contributed by atoms with Crippen LogP contribution in [0.25, 0.3) is 0 Å². The van der Waals surface area contributed by atoms with E-state index in [0.29, 0.717) is 6.10 Å². The summed E-state index contributed by atoms with van der Waals surface area (Å²) in [6.07, 6.45) is 4.71. The largest absolute Gasteiger partial charge is 0.377 e. The van der Waals surface area contributed by atoms with Crippen LogP contribution in [-0.2, 0) is 11.3 Å². The van der Waals surface area contributed by atoms with Crippen molar-refractivity contribution in [1.29, 1.82) is 0 Å². The minimum Gasteiger partial charge on any atom is -0.377 e. The lowest BCUT2D eigenvalue weighted by Gasteiger charge is -2.32. The first kappa shape index (κ1) is 11.6. The molecule has 0 radical (unpaired) electrons.